The van der Waals surface area contributed by atoms with Gasteiger partial charge in [-0.15, -0.1) is 0 Å². The molecule has 1 heterocycles. The minimum Gasteiger partial charge on any atom is -0.352 e. The van der Waals surface area contributed by atoms with Crippen LogP contribution in [-0.2, 0) is 4.79 Å². The Labute approximate surface area is 67.5 Å². The van der Waals surface area contributed by atoms with Crippen LogP contribution in [0, 0.1) is 0 Å². The Morgan fingerprint density at radius 3 is 2.91 bits per heavy atom. The lowest BCUT2D eigenvalue weighted by Crippen LogP contribution is -2.38. The van der Waals surface area contributed by atoms with Crippen molar-refractivity contribution < 1.29 is 4.79 Å². The summed E-state index contributed by atoms with van der Waals surface area (Å²) in [7, 11) is 0. The van der Waals surface area contributed by atoms with Gasteiger partial charge >= 0.3 is 0 Å². The third kappa shape index (κ3) is 2.89. The van der Waals surface area contributed by atoms with Crippen LogP contribution < -0.4 is 10.6 Å². The first-order valence-corrected chi connectivity index (χ1v) is 4.21. The Kier molecular flexibility index (Phi) is 2.88. The highest BCUT2D eigenvalue weighted by Crippen LogP contribution is 2.04. The summed E-state index contributed by atoms with van der Waals surface area (Å²) in [6.45, 7) is 5.12. The minimum atomic E-state index is 0.195. The molecule has 1 saturated heterocycles. The van der Waals surface area contributed by atoms with Crippen molar-refractivity contribution in [1.82, 2.24) is 10.6 Å². The lowest BCUT2D eigenvalue weighted by atomic mass is 10.2. The third-order valence-electron chi connectivity index (χ3n) is 1.86. The standard InChI is InChI=1S/C8H16N2O/c1-6(2)9-5-7-3-4-8(11)10-7/h6-7,9H,3-5H2,1-2H3,(H,10,11). The van der Waals surface area contributed by atoms with Crippen LogP contribution in [0.3, 0.4) is 0 Å². The zero-order valence-electron chi connectivity index (χ0n) is 7.18. The fourth-order valence-corrected chi connectivity index (χ4v) is 1.21. The molecule has 0 spiro atoms. The van der Waals surface area contributed by atoms with Gasteiger partial charge in [0.05, 0.1) is 0 Å². The first-order chi connectivity index (χ1) is 5.18. The molecule has 1 unspecified atom stereocenters. The molecule has 1 rings (SSSR count). The van der Waals surface area contributed by atoms with Crippen molar-refractivity contribution in [2.45, 2.75) is 38.8 Å². The quantitative estimate of drug-likeness (QED) is 0.615. The van der Waals surface area contributed by atoms with Crippen molar-refractivity contribution >= 4 is 5.91 Å². The number of nitrogens with one attached hydrogen (secondary N) is 2. The van der Waals surface area contributed by atoms with E-state index in [-0.39, 0.29) is 5.91 Å². The van der Waals surface area contributed by atoms with Gasteiger partial charge in [-0.1, -0.05) is 13.8 Å². The molecular weight excluding hydrogens is 140 g/mol. The fourth-order valence-electron chi connectivity index (χ4n) is 1.21. The van der Waals surface area contributed by atoms with Crippen LogP contribution in [0.2, 0.25) is 0 Å². The second-order valence-electron chi connectivity index (χ2n) is 3.37. The summed E-state index contributed by atoms with van der Waals surface area (Å²) < 4.78 is 0. The largest absolute Gasteiger partial charge is 0.352 e. The van der Waals surface area contributed by atoms with Gasteiger partial charge in [0.15, 0.2) is 0 Å². The van der Waals surface area contributed by atoms with Gasteiger partial charge in [-0.3, -0.25) is 4.79 Å². The van der Waals surface area contributed by atoms with Crippen LogP contribution in [0.25, 0.3) is 0 Å². The molecule has 1 fully saturated rings. The van der Waals surface area contributed by atoms with Gasteiger partial charge in [-0.2, -0.15) is 0 Å². The molecule has 1 atom stereocenters. The van der Waals surface area contributed by atoms with Gasteiger partial charge in [0.1, 0.15) is 0 Å². The van der Waals surface area contributed by atoms with E-state index in [2.05, 4.69) is 24.5 Å². The molecule has 0 aliphatic carbocycles. The highest BCUT2D eigenvalue weighted by atomic mass is 16.1. The van der Waals surface area contributed by atoms with Crippen molar-refractivity contribution in [2.24, 2.45) is 0 Å². The second kappa shape index (κ2) is 3.72. The van der Waals surface area contributed by atoms with Gasteiger partial charge in [-0.05, 0) is 6.42 Å². The summed E-state index contributed by atoms with van der Waals surface area (Å²) in [5.74, 6) is 0.195. The first kappa shape index (κ1) is 8.53. The maximum absolute atomic E-state index is 10.8. The van der Waals surface area contributed by atoms with Crippen molar-refractivity contribution in [3.63, 3.8) is 0 Å². The number of carbonyl (C=O) groups excluding carboxylic acids is 1. The Bertz CT molecular complexity index is 145. The number of rotatable bonds is 3. The second-order valence-corrected chi connectivity index (χ2v) is 3.37. The zero-order chi connectivity index (χ0) is 8.27. The summed E-state index contributed by atoms with van der Waals surface area (Å²) in [5, 5.41) is 6.20. The van der Waals surface area contributed by atoms with Crippen molar-refractivity contribution in [2.75, 3.05) is 6.54 Å². The Morgan fingerprint density at radius 1 is 1.73 bits per heavy atom. The molecule has 0 aromatic carbocycles. The van der Waals surface area contributed by atoms with E-state index in [9.17, 15) is 4.79 Å². The number of carbonyl (C=O) groups is 1. The fraction of sp³-hybridized carbons (Fsp3) is 0.875. The monoisotopic (exact) mass is 156 g/mol. The van der Waals surface area contributed by atoms with Crippen LogP contribution in [0.1, 0.15) is 26.7 Å². The van der Waals surface area contributed by atoms with E-state index in [1.807, 2.05) is 0 Å². The lowest BCUT2D eigenvalue weighted by molar-refractivity contribution is -0.119. The minimum absolute atomic E-state index is 0.195. The number of hydrogen-bond donors (Lipinski definition) is 2. The molecule has 3 nitrogen and oxygen atoms in total. The molecule has 0 radical (unpaired) electrons. The molecule has 11 heavy (non-hydrogen) atoms. The van der Waals surface area contributed by atoms with Crippen LogP contribution in [0.5, 0.6) is 0 Å². The maximum atomic E-state index is 10.8. The highest BCUT2D eigenvalue weighted by molar-refractivity contribution is 5.78. The summed E-state index contributed by atoms with van der Waals surface area (Å²) >= 11 is 0. The van der Waals surface area contributed by atoms with E-state index in [1.54, 1.807) is 0 Å². The third-order valence-corrected chi connectivity index (χ3v) is 1.86. The normalized spacial score (nSPS) is 24.3. The lowest BCUT2D eigenvalue weighted by Gasteiger charge is -2.13. The number of hydrogen-bond acceptors (Lipinski definition) is 2. The molecule has 1 aliphatic heterocycles. The van der Waals surface area contributed by atoms with E-state index in [4.69, 9.17) is 0 Å². The van der Waals surface area contributed by atoms with Gasteiger partial charge in [0, 0.05) is 25.0 Å². The average molecular weight is 156 g/mol. The zero-order valence-corrected chi connectivity index (χ0v) is 7.18. The Balaban J connectivity index is 2.13. The van der Waals surface area contributed by atoms with Gasteiger partial charge in [0.25, 0.3) is 0 Å². The molecule has 1 amide bonds. The SMILES string of the molecule is CC(C)NCC1CCC(=O)N1. The molecule has 0 bridgehead atoms. The Hall–Kier alpha value is -0.570. The molecule has 0 aromatic heterocycles. The molecule has 0 aromatic rings. The molecule has 3 heteroatoms. The van der Waals surface area contributed by atoms with Crippen molar-refractivity contribution in [3.8, 4) is 0 Å². The van der Waals surface area contributed by atoms with E-state index in [0.717, 1.165) is 13.0 Å². The summed E-state index contributed by atoms with van der Waals surface area (Å²) in [6, 6.07) is 0.873. The van der Waals surface area contributed by atoms with E-state index in [0.29, 0.717) is 18.5 Å². The van der Waals surface area contributed by atoms with Gasteiger partial charge in [0.2, 0.25) is 5.91 Å². The Morgan fingerprint density at radius 2 is 2.45 bits per heavy atom. The highest BCUT2D eigenvalue weighted by Gasteiger charge is 2.19. The molecule has 2 N–H and O–H groups in total. The summed E-state index contributed by atoms with van der Waals surface area (Å²) in [6.07, 6.45) is 1.68. The van der Waals surface area contributed by atoms with E-state index >= 15 is 0 Å². The van der Waals surface area contributed by atoms with Crippen LogP contribution in [0.15, 0.2) is 0 Å². The molecular formula is C8H16N2O. The predicted octanol–water partition coefficient (Wildman–Crippen LogP) is 0.263. The predicted molar refractivity (Wildman–Crippen MR) is 44.3 cm³/mol. The van der Waals surface area contributed by atoms with Crippen molar-refractivity contribution in [3.05, 3.63) is 0 Å². The smallest absolute Gasteiger partial charge is 0.220 e. The summed E-state index contributed by atoms with van der Waals surface area (Å²) in [4.78, 5) is 10.8. The topological polar surface area (TPSA) is 41.1 Å². The maximum Gasteiger partial charge on any atom is 0.220 e. The average Bonchev–Trinajstić information content (AvgIpc) is 2.31. The van der Waals surface area contributed by atoms with Gasteiger partial charge in [-0.25, -0.2) is 0 Å². The molecule has 64 valence electrons. The van der Waals surface area contributed by atoms with Crippen LogP contribution in [0.4, 0.5) is 0 Å². The number of amides is 1. The van der Waals surface area contributed by atoms with Crippen LogP contribution >= 0.6 is 0 Å². The first-order valence-electron chi connectivity index (χ1n) is 4.21. The van der Waals surface area contributed by atoms with Crippen molar-refractivity contribution in [1.29, 1.82) is 0 Å². The molecule has 1 aliphatic rings. The summed E-state index contributed by atoms with van der Waals surface area (Å²) in [5.41, 5.74) is 0. The van der Waals surface area contributed by atoms with Gasteiger partial charge < -0.3 is 10.6 Å². The molecule has 0 saturated carbocycles. The van der Waals surface area contributed by atoms with E-state index < -0.39 is 0 Å². The van der Waals surface area contributed by atoms with Crippen LogP contribution in [-0.4, -0.2) is 24.5 Å². The van der Waals surface area contributed by atoms with E-state index in [1.165, 1.54) is 0 Å².